The molecular formula is C36H25NO. The maximum Gasteiger partial charge on any atom is 0.136 e. The van der Waals surface area contributed by atoms with Gasteiger partial charge in [0.25, 0.3) is 0 Å². The first kappa shape index (κ1) is 21.4. The van der Waals surface area contributed by atoms with Gasteiger partial charge >= 0.3 is 0 Å². The van der Waals surface area contributed by atoms with Crippen molar-refractivity contribution in [1.29, 1.82) is 0 Å². The van der Waals surface area contributed by atoms with Crippen molar-refractivity contribution < 1.29 is 4.42 Å². The highest BCUT2D eigenvalue weighted by Crippen LogP contribution is 2.51. The summed E-state index contributed by atoms with van der Waals surface area (Å²) in [5, 5.41) is 4.81. The number of benzene rings is 5. The fourth-order valence-corrected chi connectivity index (χ4v) is 6.31. The lowest BCUT2D eigenvalue weighted by molar-refractivity contribution is 0.658. The number of pyridine rings is 1. The third kappa shape index (κ3) is 2.98. The lowest BCUT2D eigenvalue weighted by Crippen LogP contribution is -2.15. The van der Waals surface area contributed by atoms with E-state index in [0.717, 1.165) is 33.7 Å². The van der Waals surface area contributed by atoms with Crippen LogP contribution in [0.2, 0.25) is 0 Å². The number of nitrogens with zero attached hydrogens (tertiary/aromatic N) is 1. The number of aromatic nitrogens is 1. The van der Waals surface area contributed by atoms with Gasteiger partial charge in [0.15, 0.2) is 0 Å². The Labute approximate surface area is 221 Å². The summed E-state index contributed by atoms with van der Waals surface area (Å²) in [5.74, 6) is 0. The van der Waals surface area contributed by atoms with E-state index in [-0.39, 0.29) is 5.41 Å². The number of hydrogen-bond donors (Lipinski definition) is 0. The average molecular weight is 488 g/mol. The Morgan fingerprint density at radius 2 is 1.26 bits per heavy atom. The highest BCUT2D eigenvalue weighted by atomic mass is 16.3. The molecule has 2 heteroatoms. The summed E-state index contributed by atoms with van der Waals surface area (Å²) in [6, 6.07) is 41.0. The zero-order chi connectivity index (χ0) is 25.4. The molecule has 0 N–H and O–H groups in total. The zero-order valence-electron chi connectivity index (χ0n) is 21.3. The van der Waals surface area contributed by atoms with Crippen LogP contribution >= 0.6 is 0 Å². The van der Waals surface area contributed by atoms with E-state index in [1.54, 1.807) is 0 Å². The van der Waals surface area contributed by atoms with Crippen LogP contribution in [0.25, 0.3) is 66.4 Å². The quantitative estimate of drug-likeness (QED) is 0.242. The molecule has 0 atom stereocenters. The predicted octanol–water partition coefficient (Wildman–Crippen LogP) is 9.77. The minimum Gasteiger partial charge on any atom is -0.456 e. The molecule has 0 amide bonds. The van der Waals surface area contributed by atoms with Crippen LogP contribution in [-0.2, 0) is 5.41 Å². The van der Waals surface area contributed by atoms with Crippen LogP contribution in [0, 0.1) is 0 Å². The first-order valence-corrected chi connectivity index (χ1v) is 13.1. The van der Waals surface area contributed by atoms with Crippen LogP contribution in [0.15, 0.2) is 120 Å². The van der Waals surface area contributed by atoms with Crippen molar-refractivity contribution in [2.75, 3.05) is 0 Å². The van der Waals surface area contributed by atoms with Gasteiger partial charge in [0.1, 0.15) is 11.2 Å². The molecule has 0 aliphatic heterocycles. The topological polar surface area (TPSA) is 26.0 Å². The van der Waals surface area contributed by atoms with Crippen molar-refractivity contribution in [2.45, 2.75) is 19.3 Å². The van der Waals surface area contributed by atoms with Gasteiger partial charge in [-0.2, -0.15) is 0 Å². The second kappa shape index (κ2) is 7.66. The highest BCUT2D eigenvalue weighted by molar-refractivity contribution is 6.07. The molecule has 2 heterocycles. The predicted molar refractivity (Wildman–Crippen MR) is 157 cm³/mol. The maximum absolute atomic E-state index is 6.23. The van der Waals surface area contributed by atoms with Crippen molar-refractivity contribution in [1.82, 2.24) is 4.98 Å². The van der Waals surface area contributed by atoms with E-state index in [1.165, 1.54) is 43.8 Å². The van der Waals surface area contributed by atoms with Crippen molar-refractivity contribution in [3.05, 3.63) is 126 Å². The summed E-state index contributed by atoms with van der Waals surface area (Å²) < 4.78 is 6.23. The van der Waals surface area contributed by atoms with Gasteiger partial charge in [-0.3, -0.25) is 0 Å². The maximum atomic E-state index is 6.23. The van der Waals surface area contributed by atoms with Crippen molar-refractivity contribution in [2.24, 2.45) is 0 Å². The SMILES string of the molecule is CC1(C)c2cc(-c3cccc(-c4cccc5ccccc45)n3)ccc2-c2cc3oc4ccccc4c3cc21. The Kier molecular flexibility index (Phi) is 4.31. The molecule has 1 aliphatic rings. The number of fused-ring (bicyclic) bond motifs is 7. The second-order valence-electron chi connectivity index (χ2n) is 10.8. The monoisotopic (exact) mass is 487 g/mol. The zero-order valence-corrected chi connectivity index (χ0v) is 21.3. The number of furan rings is 1. The molecule has 180 valence electrons. The highest BCUT2D eigenvalue weighted by Gasteiger charge is 2.36. The third-order valence-electron chi connectivity index (χ3n) is 8.28. The third-order valence-corrected chi connectivity index (χ3v) is 8.28. The van der Waals surface area contributed by atoms with E-state index in [1.807, 2.05) is 12.1 Å². The molecule has 1 aliphatic carbocycles. The largest absolute Gasteiger partial charge is 0.456 e. The summed E-state index contributed by atoms with van der Waals surface area (Å²) in [6.45, 7) is 4.66. The summed E-state index contributed by atoms with van der Waals surface area (Å²) in [5.41, 5.74) is 11.3. The van der Waals surface area contributed by atoms with Crippen LogP contribution in [0.1, 0.15) is 25.0 Å². The van der Waals surface area contributed by atoms with E-state index in [0.29, 0.717) is 0 Å². The summed E-state index contributed by atoms with van der Waals surface area (Å²) in [4.78, 5) is 5.14. The minimum absolute atomic E-state index is 0.125. The normalized spacial score (nSPS) is 13.7. The first-order chi connectivity index (χ1) is 18.6. The summed E-state index contributed by atoms with van der Waals surface area (Å²) in [6.07, 6.45) is 0. The molecule has 7 aromatic rings. The molecule has 2 aromatic heterocycles. The fraction of sp³-hybridized carbons (Fsp3) is 0.0833. The number of para-hydroxylation sites is 1. The average Bonchev–Trinajstić information content (AvgIpc) is 3.43. The first-order valence-electron chi connectivity index (χ1n) is 13.1. The van der Waals surface area contributed by atoms with Crippen molar-refractivity contribution in [3.63, 3.8) is 0 Å². The Bertz CT molecular complexity index is 2060. The molecule has 8 rings (SSSR count). The van der Waals surface area contributed by atoms with Gasteiger partial charge in [-0.05, 0) is 69.4 Å². The molecule has 5 aromatic carbocycles. The van der Waals surface area contributed by atoms with Gasteiger partial charge in [-0.1, -0.05) is 92.7 Å². The van der Waals surface area contributed by atoms with Gasteiger partial charge in [-0.25, -0.2) is 4.98 Å². The van der Waals surface area contributed by atoms with Crippen LogP contribution in [0.5, 0.6) is 0 Å². The molecule has 38 heavy (non-hydrogen) atoms. The van der Waals surface area contributed by atoms with Gasteiger partial charge < -0.3 is 4.42 Å². The van der Waals surface area contributed by atoms with Crippen LogP contribution in [0.3, 0.4) is 0 Å². The van der Waals surface area contributed by atoms with Crippen LogP contribution in [-0.4, -0.2) is 4.98 Å². The molecule has 0 unspecified atom stereocenters. The van der Waals surface area contributed by atoms with Crippen LogP contribution < -0.4 is 0 Å². The van der Waals surface area contributed by atoms with Gasteiger partial charge in [0.05, 0.1) is 11.4 Å². The molecule has 0 radical (unpaired) electrons. The molecular weight excluding hydrogens is 462 g/mol. The number of hydrogen-bond acceptors (Lipinski definition) is 2. The van der Waals surface area contributed by atoms with E-state index in [2.05, 4.69) is 117 Å². The van der Waals surface area contributed by atoms with E-state index >= 15 is 0 Å². The van der Waals surface area contributed by atoms with Gasteiger partial charge in [0, 0.05) is 27.3 Å². The lowest BCUT2D eigenvalue weighted by atomic mass is 9.81. The van der Waals surface area contributed by atoms with E-state index < -0.39 is 0 Å². The van der Waals surface area contributed by atoms with E-state index in [9.17, 15) is 0 Å². The number of rotatable bonds is 2. The van der Waals surface area contributed by atoms with Crippen molar-refractivity contribution in [3.8, 4) is 33.6 Å². The summed E-state index contributed by atoms with van der Waals surface area (Å²) in [7, 11) is 0. The molecule has 2 nitrogen and oxygen atoms in total. The Balaban J connectivity index is 1.26. The van der Waals surface area contributed by atoms with E-state index in [4.69, 9.17) is 9.40 Å². The molecule has 0 spiro atoms. The molecule has 0 saturated heterocycles. The minimum atomic E-state index is -0.125. The molecule has 0 bridgehead atoms. The molecule has 0 fully saturated rings. The fourth-order valence-electron chi connectivity index (χ4n) is 6.31. The van der Waals surface area contributed by atoms with Crippen LogP contribution in [0.4, 0.5) is 0 Å². The van der Waals surface area contributed by atoms with Crippen molar-refractivity contribution >= 4 is 32.7 Å². The lowest BCUT2D eigenvalue weighted by Gasteiger charge is -2.22. The smallest absolute Gasteiger partial charge is 0.136 e. The Morgan fingerprint density at radius 1 is 0.526 bits per heavy atom. The Morgan fingerprint density at radius 3 is 2.18 bits per heavy atom. The standard InChI is InChI=1S/C36H25NO/c1-36(2)30-19-23(32-14-8-15-33(37-32)26-13-7-10-22-9-3-4-11-24(22)26)17-18-25(30)28-21-35-29(20-31(28)36)27-12-5-6-16-34(27)38-35/h3-21H,1-2H3. The summed E-state index contributed by atoms with van der Waals surface area (Å²) >= 11 is 0. The molecule has 0 saturated carbocycles. The second-order valence-corrected chi connectivity index (χ2v) is 10.8. The van der Waals surface area contributed by atoms with Gasteiger partial charge in [-0.15, -0.1) is 0 Å². The Hall–Kier alpha value is -4.69. The van der Waals surface area contributed by atoms with Gasteiger partial charge in [0.2, 0.25) is 0 Å².